The van der Waals surface area contributed by atoms with Crippen LogP contribution in [0.25, 0.3) is 0 Å². The molecule has 1 unspecified atom stereocenters. The van der Waals surface area contributed by atoms with Crippen molar-refractivity contribution in [1.29, 1.82) is 0 Å². The Morgan fingerprint density at radius 1 is 1.28 bits per heavy atom. The molecular formula is C16H26N2. The van der Waals surface area contributed by atoms with Gasteiger partial charge in [-0.2, -0.15) is 0 Å². The largest absolute Gasteiger partial charge is 0.374 e. The number of hydrogen-bond acceptors (Lipinski definition) is 2. The molecular weight excluding hydrogens is 220 g/mol. The lowest BCUT2D eigenvalue weighted by Crippen LogP contribution is -2.26. The minimum absolute atomic E-state index is 0.159. The van der Waals surface area contributed by atoms with E-state index >= 15 is 0 Å². The van der Waals surface area contributed by atoms with Crippen molar-refractivity contribution in [2.45, 2.75) is 45.1 Å². The number of anilines is 1. The average Bonchev–Trinajstić information content (AvgIpc) is 2.90. The summed E-state index contributed by atoms with van der Waals surface area (Å²) in [7, 11) is 2.21. The average molecular weight is 246 g/mol. The van der Waals surface area contributed by atoms with Crippen LogP contribution in [0.3, 0.4) is 0 Å². The maximum atomic E-state index is 6.21. The topological polar surface area (TPSA) is 29.3 Å². The summed E-state index contributed by atoms with van der Waals surface area (Å²) in [5, 5.41) is 0. The summed E-state index contributed by atoms with van der Waals surface area (Å²) in [6.45, 7) is 3.33. The lowest BCUT2D eigenvalue weighted by molar-refractivity contribution is 0.545. The van der Waals surface area contributed by atoms with Gasteiger partial charge in [-0.1, -0.05) is 38.0 Å². The minimum Gasteiger partial charge on any atom is -0.374 e. The zero-order chi connectivity index (χ0) is 13.0. The van der Waals surface area contributed by atoms with Crippen LogP contribution in [0, 0.1) is 5.92 Å². The van der Waals surface area contributed by atoms with Crippen LogP contribution in [0.15, 0.2) is 24.3 Å². The van der Waals surface area contributed by atoms with Crippen molar-refractivity contribution in [3.63, 3.8) is 0 Å². The molecule has 1 aliphatic rings. The van der Waals surface area contributed by atoms with Gasteiger partial charge in [-0.3, -0.25) is 0 Å². The van der Waals surface area contributed by atoms with Crippen molar-refractivity contribution in [3.8, 4) is 0 Å². The van der Waals surface area contributed by atoms with Crippen LogP contribution < -0.4 is 10.6 Å². The van der Waals surface area contributed by atoms with Gasteiger partial charge in [0.05, 0.1) is 0 Å². The highest BCUT2D eigenvalue weighted by Gasteiger charge is 2.19. The summed E-state index contributed by atoms with van der Waals surface area (Å²) in [6.07, 6.45) is 6.61. The monoisotopic (exact) mass is 246 g/mol. The van der Waals surface area contributed by atoms with Crippen LogP contribution >= 0.6 is 0 Å². The van der Waals surface area contributed by atoms with Crippen molar-refractivity contribution >= 4 is 5.69 Å². The lowest BCUT2D eigenvalue weighted by Gasteiger charge is -2.27. The van der Waals surface area contributed by atoms with E-state index in [9.17, 15) is 0 Å². The summed E-state index contributed by atoms with van der Waals surface area (Å²) in [5.41, 5.74) is 8.82. The first kappa shape index (κ1) is 13.4. The Kier molecular flexibility index (Phi) is 4.65. The highest BCUT2D eigenvalue weighted by atomic mass is 15.1. The van der Waals surface area contributed by atoms with Crippen molar-refractivity contribution in [3.05, 3.63) is 29.8 Å². The first-order valence-corrected chi connectivity index (χ1v) is 7.28. The highest BCUT2D eigenvalue weighted by molar-refractivity contribution is 5.54. The highest BCUT2D eigenvalue weighted by Crippen LogP contribution is 2.30. The lowest BCUT2D eigenvalue weighted by atomic mass is 10.0. The fraction of sp³-hybridized carbons (Fsp3) is 0.625. The quantitative estimate of drug-likeness (QED) is 0.858. The van der Waals surface area contributed by atoms with E-state index in [1.165, 1.54) is 43.5 Å². The molecule has 1 saturated carbocycles. The molecule has 0 aliphatic heterocycles. The second-order valence-electron chi connectivity index (χ2n) is 5.60. The van der Waals surface area contributed by atoms with E-state index in [0.29, 0.717) is 0 Å². The molecule has 2 heteroatoms. The smallest absolute Gasteiger partial charge is 0.0412 e. The second kappa shape index (κ2) is 6.24. The molecule has 100 valence electrons. The van der Waals surface area contributed by atoms with Crippen LogP contribution in [0.5, 0.6) is 0 Å². The van der Waals surface area contributed by atoms with E-state index in [0.717, 1.165) is 12.3 Å². The maximum Gasteiger partial charge on any atom is 0.0412 e. The fourth-order valence-corrected chi connectivity index (χ4v) is 3.05. The molecule has 1 aliphatic carbocycles. The number of para-hydroxylation sites is 1. The third-order valence-corrected chi connectivity index (χ3v) is 4.19. The van der Waals surface area contributed by atoms with Crippen LogP contribution in [0.4, 0.5) is 5.69 Å². The minimum atomic E-state index is 0.159. The zero-order valence-corrected chi connectivity index (χ0v) is 11.7. The van der Waals surface area contributed by atoms with Crippen molar-refractivity contribution in [1.82, 2.24) is 0 Å². The van der Waals surface area contributed by atoms with E-state index in [4.69, 9.17) is 5.73 Å². The summed E-state index contributed by atoms with van der Waals surface area (Å²) >= 11 is 0. The van der Waals surface area contributed by atoms with Crippen LogP contribution in [0.2, 0.25) is 0 Å². The summed E-state index contributed by atoms with van der Waals surface area (Å²) in [4.78, 5) is 2.40. The normalized spacial score (nSPS) is 17.9. The molecule has 1 aromatic carbocycles. The standard InChI is InChI=1S/C16H26N2/c1-3-15(17)14-10-6-7-11-16(14)18(2)12-13-8-4-5-9-13/h6-7,10-11,13,15H,3-5,8-9,12,17H2,1-2H3. The SMILES string of the molecule is CCC(N)c1ccccc1N(C)CC1CCCC1. The Balaban J connectivity index is 2.10. The van der Waals surface area contributed by atoms with Gasteiger partial charge in [0.25, 0.3) is 0 Å². The van der Waals surface area contributed by atoms with Gasteiger partial charge in [-0.05, 0) is 36.8 Å². The Morgan fingerprint density at radius 3 is 2.61 bits per heavy atom. The molecule has 0 aromatic heterocycles. The van der Waals surface area contributed by atoms with Gasteiger partial charge in [0.1, 0.15) is 0 Å². The van der Waals surface area contributed by atoms with Gasteiger partial charge >= 0.3 is 0 Å². The first-order valence-electron chi connectivity index (χ1n) is 7.28. The first-order chi connectivity index (χ1) is 8.72. The van der Waals surface area contributed by atoms with Gasteiger partial charge in [0.15, 0.2) is 0 Å². The molecule has 1 aromatic rings. The molecule has 1 atom stereocenters. The Bertz CT molecular complexity index is 369. The second-order valence-corrected chi connectivity index (χ2v) is 5.60. The van der Waals surface area contributed by atoms with Crippen LogP contribution in [-0.2, 0) is 0 Å². The molecule has 0 saturated heterocycles. The van der Waals surface area contributed by atoms with Crippen molar-refractivity contribution in [2.75, 3.05) is 18.5 Å². The van der Waals surface area contributed by atoms with E-state index in [2.05, 4.69) is 43.1 Å². The van der Waals surface area contributed by atoms with Crippen LogP contribution in [-0.4, -0.2) is 13.6 Å². The number of nitrogens with zero attached hydrogens (tertiary/aromatic N) is 1. The van der Waals surface area contributed by atoms with Crippen LogP contribution in [0.1, 0.15) is 50.6 Å². The molecule has 0 bridgehead atoms. The molecule has 2 N–H and O–H groups in total. The van der Waals surface area contributed by atoms with E-state index in [-0.39, 0.29) is 6.04 Å². The molecule has 1 fully saturated rings. The van der Waals surface area contributed by atoms with Gasteiger partial charge in [0, 0.05) is 25.3 Å². The zero-order valence-electron chi connectivity index (χ0n) is 11.7. The van der Waals surface area contributed by atoms with Gasteiger partial charge in [0.2, 0.25) is 0 Å². The van der Waals surface area contributed by atoms with Crippen molar-refractivity contribution < 1.29 is 0 Å². The summed E-state index contributed by atoms with van der Waals surface area (Å²) in [5.74, 6) is 0.876. The third-order valence-electron chi connectivity index (χ3n) is 4.19. The Morgan fingerprint density at radius 2 is 1.94 bits per heavy atom. The van der Waals surface area contributed by atoms with Gasteiger partial charge < -0.3 is 10.6 Å². The molecule has 2 rings (SSSR count). The molecule has 0 radical (unpaired) electrons. The van der Waals surface area contributed by atoms with Gasteiger partial charge in [-0.25, -0.2) is 0 Å². The molecule has 2 nitrogen and oxygen atoms in total. The molecule has 18 heavy (non-hydrogen) atoms. The fourth-order valence-electron chi connectivity index (χ4n) is 3.05. The summed E-state index contributed by atoms with van der Waals surface area (Å²) < 4.78 is 0. The third kappa shape index (κ3) is 3.05. The number of nitrogens with two attached hydrogens (primary N) is 1. The van der Waals surface area contributed by atoms with Crippen molar-refractivity contribution in [2.24, 2.45) is 11.7 Å². The van der Waals surface area contributed by atoms with E-state index in [1.54, 1.807) is 0 Å². The molecule has 0 spiro atoms. The molecule has 0 heterocycles. The summed E-state index contributed by atoms with van der Waals surface area (Å²) in [6, 6.07) is 8.76. The molecule has 0 amide bonds. The Labute approximate surface area is 111 Å². The predicted molar refractivity (Wildman–Crippen MR) is 78.9 cm³/mol. The van der Waals surface area contributed by atoms with E-state index in [1.807, 2.05) is 0 Å². The predicted octanol–water partition coefficient (Wildman–Crippen LogP) is 3.72. The number of benzene rings is 1. The number of rotatable bonds is 5. The number of hydrogen-bond donors (Lipinski definition) is 1. The Hall–Kier alpha value is -1.02. The van der Waals surface area contributed by atoms with Gasteiger partial charge in [-0.15, -0.1) is 0 Å². The maximum absolute atomic E-state index is 6.21. The van der Waals surface area contributed by atoms with E-state index < -0.39 is 0 Å².